The average molecular weight is 402 g/mol. The third-order valence-corrected chi connectivity index (χ3v) is 5.38. The molecule has 8 heteroatoms. The summed E-state index contributed by atoms with van der Waals surface area (Å²) in [5, 5.41) is 9.81. The van der Waals surface area contributed by atoms with E-state index in [0.717, 1.165) is 33.6 Å². The number of anilines is 1. The van der Waals surface area contributed by atoms with Gasteiger partial charge in [-0.3, -0.25) is 0 Å². The first kappa shape index (κ1) is 18.4. The summed E-state index contributed by atoms with van der Waals surface area (Å²) in [6.07, 6.45) is -0.253. The maximum atomic E-state index is 12.0. The van der Waals surface area contributed by atoms with Crippen LogP contribution >= 0.6 is 0 Å². The average Bonchev–Trinajstić information content (AvgIpc) is 3.24. The molecule has 1 amide bonds. The van der Waals surface area contributed by atoms with Crippen LogP contribution in [0.1, 0.15) is 6.92 Å². The van der Waals surface area contributed by atoms with E-state index in [1.165, 1.54) is 0 Å². The fourth-order valence-electron chi connectivity index (χ4n) is 3.89. The highest BCUT2D eigenvalue weighted by molar-refractivity contribution is 5.93. The second-order valence-electron chi connectivity index (χ2n) is 7.17. The van der Waals surface area contributed by atoms with Crippen molar-refractivity contribution in [2.45, 2.75) is 6.92 Å². The molecule has 8 nitrogen and oxygen atoms in total. The number of hydrogen-bond donors (Lipinski definition) is 0. The van der Waals surface area contributed by atoms with Crippen molar-refractivity contribution < 1.29 is 9.53 Å². The van der Waals surface area contributed by atoms with Crippen molar-refractivity contribution in [1.29, 1.82) is 0 Å². The molecule has 30 heavy (non-hydrogen) atoms. The first-order valence-electron chi connectivity index (χ1n) is 10.1. The van der Waals surface area contributed by atoms with Gasteiger partial charge < -0.3 is 14.5 Å². The summed E-state index contributed by atoms with van der Waals surface area (Å²) in [6, 6.07) is 18.1. The second kappa shape index (κ2) is 7.62. The summed E-state index contributed by atoms with van der Waals surface area (Å²) in [5.74, 6) is 0.890. The molecule has 152 valence electrons. The van der Waals surface area contributed by atoms with Crippen LogP contribution in [0.5, 0.6) is 0 Å². The van der Waals surface area contributed by atoms with Gasteiger partial charge in [0.15, 0.2) is 5.65 Å². The zero-order chi connectivity index (χ0) is 20.5. The number of hydrogen-bond acceptors (Lipinski definition) is 6. The Labute approximate surface area is 173 Å². The van der Waals surface area contributed by atoms with Gasteiger partial charge in [0.25, 0.3) is 0 Å². The van der Waals surface area contributed by atoms with Crippen LogP contribution < -0.4 is 4.90 Å². The Morgan fingerprint density at radius 3 is 2.50 bits per heavy atom. The molecule has 0 saturated carbocycles. The Morgan fingerprint density at radius 1 is 1.00 bits per heavy atom. The fraction of sp³-hybridized carbons (Fsp3) is 0.273. The number of carbonyl (C=O) groups is 1. The molecule has 1 aliphatic heterocycles. The lowest BCUT2D eigenvalue weighted by atomic mass is 10.1. The summed E-state index contributed by atoms with van der Waals surface area (Å²) >= 11 is 0. The first-order valence-corrected chi connectivity index (χ1v) is 10.1. The zero-order valence-corrected chi connectivity index (χ0v) is 16.7. The molecule has 2 aromatic heterocycles. The predicted molar refractivity (Wildman–Crippen MR) is 115 cm³/mol. The van der Waals surface area contributed by atoms with E-state index in [2.05, 4.69) is 21.3 Å². The Kier molecular flexibility index (Phi) is 4.66. The minimum absolute atomic E-state index is 0.253. The van der Waals surface area contributed by atoms with E-state index >= 15 is 0 Å². The number of benzene rings is 2. The fourth-order valence-corrected chi connectivity index (χ4v) is 3.89. The highest BCUT2D eigenvalue weighted by atomic mass is 16.6. The van der Waals surface area contributed by atoms with Crippen LogP contribution in [-0.4, -0.2) is 63.6 Å². The number of nitrogens with zero attached hydrogens (tertiary/aromatic N) is 6. The van der Waals surface area contributed by atoms with Crippen LogP contribution in [0.3, 0.4) is 0 Å². The van der Waals surface area contributed by atoms with Gasteiger partial charge in [0.2, 0.25) is 0 Å². The molecule has 2 aromatic carbocycles. The highest BCUT2D eigenvalue weighted by Crippen LogP contribution is 2.30. The molecule has 1 saturated heterocycles. The van der Waals surface area contributed by atoms with Gasteiger partial charge in [0.05, 0.1) is 12.1 Å². The Hall–Kier alpha value is -3.68. The maximum Gasteiger partial charge on any atom is 0.409 e. The van der Waals surface area contributed by atoms with Crippen molar-refractivity contribution in [2.24, 2.45) is 0 Å². The summed E-state index contributed by atoms with van der Waals surface area (Å²) in [4.78, 5) is 21.0. The molecule has 0 spiro atoms. The van der Waals surface area contributed by atoms with Gasteiger partial charge in [-0.15, -0.1) is 5.10 Å². The van der Waals surface area contributed by atoms with Gasteiger partial charge in [-0.1, -0.05) is 47.7 Å². The Balaban J connectivity index is 1.57. The van der Waals surface area contributed by atoms with Crippen LogP contribution in [0.2, 0.25) is 0 Å². The molecule has 0 atom stereocenters. The number of fused-ring (bicyclic) bond motifs is 3. The van der Waals surface area contributed by atoms with Crippen LogP contribution in [0.4, 0.5) is 10.6 Å². The number of rotatable bonds is 3. The molecule has 3 heterocycles. The van der Waals surface area contributed by atoms with Crippen molar-refractivity contribution in [3.63, 3.8) is 0 Å². The van der Waals surface area contributed by atoms with Crippen molar-refractivity contribution in [2.75, 3.05) is 37.7 Å². The third kappa shape index (κ3) is 3.10. The number of para-hydroxylation sites is 1. The molecule has 0 bridgehead atoms. The van der Waals surface area contributed by atoms with Crippen molar-refractivity contribution in [3.8, 4) is 11.3 Å². The van der Waals surface area contributed by atoms with E-state index in [1.807, 2.05) is 55.5 Å². The minimum atomic E-state index is -0.253. The molecule has 0 unspecified atom stereocenters. The minimum Gasteiger partial charge on any atom is -0.450 e. The zero-order valence-electron chi connectivity index (χ0n) is 16.7. The largest absolute Gasteiger partial charge is 0.450 e. The van der Waals surface area contributed by atoms with Gasteiger partial charge in [0, 0.05) is 37.1 Å². The molecule has 1 aliphatic rings. The quantitative estimate of drug-likeness (QED) is 0.524. The number of aromatic nitrogens is 4. The van der Waals surface area contributed by atoms with E-state index in [1.54, 1.807) is 9.42 Å². The number of carbonyl (C=O) groups excluding carboxylic acids is 1. The Morgan fingerprint density at radius 2 is 1.73 bits per heavy atom. The monoisotopic (exact) mass is 402 g/mol. The summed E-state index contributed by atoms with van der Waals surface area (Å²) in [6.45, 7) is 4.79. The van der Waals surface area contributed by atoms with Crippen LogP contribution in [0.15, 0.2) is 54.6 Å². The normalized spacial score (nSPS) is 14.4. The van der Waals surface area contributed by atoms with Crippen LogP contribution in [-0.2, 0) is 4.74 Å². The first-order chi connectivity index (χ1) is 14.8. The number of amides is 1. The van der Waals surface area contributed by atoms with Crippen molar-refractivity contribution in [3.05, 3.63) is 54.6 Å². The molecule has 0 N–H and O–H groups in total. The van der Waals surface area contributed by atoms with E-state index in [9.17, 15) is 4.79 Å². The molecular formula is C22H22N6O2. The molecule has 0 radical (unpaired) electrons. The van der Waals surface area contributed by atoms with Gasteiger partial charge >= 0.3 is 6.09 Å². The van der Waals surface area contributed by atoms with E-state index in [-0.39, 0.29) is 6.09 Å². The van der Waals surface area contributed by atoms with Crippen LogP contribution in [0.25, 0.3) is 27.8 Å². The third-order valence-electron chi connectivity index (χ3n) is 5.38. The topological polar surface area (TPSA) is 75.9 Å². The summed E-state index contributed by atoms with van der Waals surface area (Å²) < 4.78 is 6.94. The SMILES string of the molecule is CCOC(=O)N1CCN(c2nc3c(-c4ccccc4)nnn3c3ccccc23)CC1. The van der Waals surface area contributed by atoms with Gasteiger partial charge in [-0.2, -0.15) is 4.52 Å². The summed E-state index contributed by atoms with van der Waals surface area (Å²) in [7, 11) is 0. The molecule has 1 fully saturated rings. The van der Waals surface area contributed by atoms with Crippen molar-refractivity contribution in [1.82, 2.24) is 24.7 Å². The smallest absolute Gasteiger partial charge is 0.409 e. The second-order valence-corrected chi connectivity index (χ2v) is 7.17. The summed E-state index contributed by atoms with van der Waals surface area (Å²) in [5.41, 5.74) is 3.42. The number of piperazine rings is 1. The number of ether oxygens (including phenoxy) is 1. The van der Waals surface area contributed by atoms with Gasteiger partial charge in [0.1, 0.15) is 11.5 Å². The van der Waals surface area contributed by atoms with Gasteiger partial charge in [-0.05, 0) is 19.1 Å². The van der Waals surface area contributed by atoms with Gasteiger partial charge in [-0.25, -0.2) is 9.78 Å². The lowest BCUT2D eigenvalue weighted by Gasteiger charge is -2.35. The van der Waals surface area contributed by atoms with Crippen LogP contribution in [0, 0.1) is 0 Å². The molecule has 5 rings (SSSR count). The maximum absolute atomic E-state index is 12.0. The Bertz CT molecular complexity index is 1200. The predicted octanol–water partition coefficient (Wildman–Crippen LogP) is 3.22. The van der Waals surface area contributed by atoms with Crippen molar-refractivity contribution >= 4 is 28.5 Å². The molecule has 4 aromatic rings. The van der Waals surface area contributed by atoms with E-state index < -0.39 is 0 Å². The lowest BCUT2D eigenvalue weighted by Crippen LogP contribution is -2.49. The highest BCUT2D eigenvalue weighted by Gasteiger charge is 2.25. The molecular weight excluding hydrogens is 380 g/mol. The van der Waals surface area contributed by atoms with E-state index in [0.29, 0.717) is 32.8 Å². The standard InChI is InChI=1S/C22H22N6O2/c1-2-30-22(29)27-14-12-26(13-15-27)20-17-10-6-7-11-18(17)28-21(23-20)19(24-25-28)16-8-4-3-5-9-16/h3-11H,2,12-15H2,1H3. The molecule has 0 aliphatic carbocycles. The lowest BCUT2D eigenvalue weighted by molar-refractivity contribution is 0.105. The van der Waals surface area contributed by atoms with E-state index in [4.69, 9.17) is 9.72 Å².